The van der Waals surface area contributed by atoms with Crippen LogP contribution in [0.5, 0.6) is 0 Å². The van der Waals surface area contributed by atoms with Gasteiger partial charge in [0.1, 0.15) is 0 Å². The molecule has 54 valence electrons. The Kier molecular flexibility index (Phi) is 3.92. The summed E-state index contributed by atoms with van der Waals surface area (Å²) in [5, 5.41) is 8.46. The molecular formula is C5H10INO2. The Morgan fingerprint density at radius 1 is 1.78 bits per heavy atom. The van der Waals surface area contributed by atoms with E-state index in [0.29, 0.717) is 4.55 Å². The molecule has 0 rings (SSSR count). The Hall–Kier alpha value is 0. The highest BCUT2D eigenvalue weighted by atomic mass is 127. The zero-order chi connectivity index (χ0) is 7.44. The van der Waals surface area contributed by atoms with Gasteiger partial charge in [0.05, 0.1) is 4.55 Å². The van der Waals surface area contributed by atoms with Crippen LogP contribution in [0, 0.1) is 0 Å². The number of amides is 1. The van der Waals surface area contributed by atoms with Crippen LogP contribution in [-0.2, 0) is 0 Å². The maximum Gasteiger partial charge on any atom is 0.408 e. The van der Waals surface area contributed by atoms with E-state index in [9.17, 15) is 4.79 Å². The minimum absolute atomic E-state index is 0.0828. The van der Waals surface area contributed by atoms with E-state index in [4.69, 9.17) is 5.11 Å². The number of nitrogens with zero attached hydrogens (tertiary/aromatic N) is 1. The molecule has 0 aromatic carbocycles. The fraction of sp³-hybridized carbons (Fsp3) is 0.800. The molecule has 1 N–H and O–H groups in total. The lowest BCUT2D eigenvalue weighted by atomic mass is 10.4. The summed E-state index contributed by atoms with van der Waals surface area (Å²) in [4.78, 5) is 11.7. The number of hydrogen-bond donors (Lipinski definition) is 1. The first-order valence-corrected chi connectivity index (χ1v) is 4.17. The summed E-state index contributed by atoms with van der Waals surface area (Å²) in [7, 11) is 0. The van der Waals surface area contributed by atoms with Crippen LogP contribution in [0.4, 0.5) is 4.79 Å². The molecule has 3 nitrogen and oxygen atoms in total. The normalized spacial score (nSPS) is 9.78. The number of hydrogen-bond acceptors (Lipinski definition) is 1. The summed E-state index contributed by atoms with van der Waals surface area (Å²) < 4.78 is 0.532. The van der Waals surface area contributed by atoms with E-state index in [-0.39, 0.29) is 6.04 Å². The molecule has 0 aliphatic carbocycles. The molecule has 0 radical (unpaired) electrons. The fourth-order valence-electron chi connectivity index (χ4n) is 0.410. The molecule has 0 spiro atoms. The van der Waals surface area contributed by atoms with Crippen LogP contribution < -0.4 is 0 Å². The second-order valence-electron chi connectivity index (χ2n) is 1.97. The molecule has 0 fully saturated rings. The lowest BCUT2D eigenvalue weighted by Crippen LogP contribution is -2.34. The van der Waals surface area contributed by atoms with Crippen molar-refractivity contribution in [2.45, 2.75) is 19.9 Å². The molecule has 0 saturated carbocycles. The standard InChI is InChI=1S/C5H10INO2/c1-4(2)7(3-6)5(8)9/h4H,3H2,1-2H3,(H,8,9). The minimum Gasteiger partial charge on any atom is -0.465 e. The topological polar surface area (TPSA) is 40.5 Å². The SMILES string of the molecule is CC(C)N(CI)C(=O)O. The van der Waals surface area contributed by atoms with Gasteiger partial charge < -0.3 is 5.11 Å². The summed E-state index contributed by atoms with van der Waals surface area (Å²) in [6, 6.07) is 0.0828. The van der Waals surface area contributed by atoms with Gasteiger partial charge in [-0.2, -0.15) is 0 Å². The van der Waals surface area contributed by atoms with Crippen molar-refractivity contribution in [3.05, 3.63) is 0 Å². The van der Waals surface area contributed by atoms with Crippen molar-refractivity contribution in [3.8, 4) is 0 Å². The second kappa shape index (κ2) is 3.92. The van der Waals surface area contributed by atoms with Gasteiger partial charge in [0, 0.05) is 6.04 Å². The third-order valence-corrected chi connectivity index (χ3v) is 1.73. The molecule has 0 heterocycles. The Balaban J connectivity index is 3.83. The van der Waals surface area contributed by atoms with Crippen molar-refractivity contribution in [2.75, 3.05) is 4.55 Å². The summed E-state index contributed by atoms with van der Waals surface area (Å²) >= 11 is 2.03. The zero-order valence-electron chi connectivity index (χ0n) is 5.47. The Bertz CT molecular complexity index is 105. The molecule has 0 aromatic heterocycles. The first-order chi connectivity index (χ1) is 4.09. The van der Waals surface area contributed by atoms with Crippen LogP contribution in [0.25, 0.3) is 0 Å². The Labute approximate surface area is 68.2 Å². The van der Waals surface area contributed by atoms with E-state index in [0.717, 1.165) is 0 Å². The summed E-state index contributed by atoms with van der Waals surface area (Å²) in [5.41, 5.74) is 0. The minimum atomic E-state index is -0.848. The third-order valence-electron chi connectivity index (χ3n) is 0.998. The average molecular weight is 243 g/mol. The summed E-state index contributed by atoms with van der Waals surface area (Å²) in [6.45, 7) is 3.71. The van der Waals surface area contributed by atoms with Crippen LogP contribution in [0.2, 0.25) is 0 Å². The molecule has 9 heavy (non-hydrogen) atoms. The van der Waals surface area contributed by atoms with Gasteiger partial charge in [-0.15, -0.1) is 0 Å². The van der Waals surface area contributed by atoms with Gasteiger partial charge in [0.15, 0.2) is 0 Å². The molecular weight excluding hydrogens is 233 g/mol. The van der Waals surface area contributed by atoms with Crippen LogP contribution in [0.1, 0.15) is 13.8 Å². The molecule has 1 amide bonds. The van der Waals surface area contributed by atoms with Crippen LogP contribution in [0.15, 0.2) is 0 Å². The maximum absolute atomic E-state index is 10.3. The number of carboxylic acid groups (broad SMARTS) is 1. The summed E-state index contributed by atoms with van der Waals surface area (Å²) in [5.74, 6) is 0. The highest BCUT2D eigenvalue weighted by Gasteiger charge is 2.12. The summed E-state index contributed by atoms with van der Waals surface area (Å²) in [6.07, 6.45) is -0.848. The quantitative estimate of drug-likeness (QED) is 0.456. The van der Waals surface area contributed by atoms with Crippen LogP contribution in [0.3, 0.4) is 0 Å². The van der Waals surface area contributed by atoms with Crippen molar-refractivity contribution in [3.63, 3.8) is 0 Å². The molecule has 0 aliphatic heterocycles. The largest absolute Gasteiger partial charge is 0.465 e. The molecule has 0 bridgehead atoms. The van der Waals surface area contributed by atoms with E-state index in [2.05, 4.69) is 0 Å². The Morgan fingerprint density at radius 3 is 2.22 bits per heavy atom. The predicted octanol–water partition coefficient (Wildman–Crippen LogP) is 1.77. The second-order valence-corrected chi connectivity index (χ2v) is 2.65. The highest BCUT2D eigenvalue weighted by molar-refractivity contribution is 14.1. The van der Waals surface area contributed by atoms with Crippen molar-refractivity contribution in [2.24, 2.45) is 0 Å². The highest BCUT2D eigenvalue weighted by Crippen LogP contribution is 2.00. The Morgan fingerprint density at radius 2 is 2.22 bits per heavy atom. The van der Waals surface area contributed by atoms with E-state index < -0.39 is 6.09 Å². The van der Waals surface area contributed by atoms with Gasteiger partial charge in [-0.3, -0.25) is 4.90 Å². The first kappa shape index (κ1) is 9.00. The van der Waals surface area contributed by atoms with Crippen LogP contribution in [-0.4, -0.2) is 26.7 Å². The van der Waals surface area contributed by atoms with Crippen molar-refractivity contribution < 1.29 is 9.90 Å². The van der Waals surface area contributed by atoms with E-state index >= 15 is 0 Å². The number of alkyl halides is 1. The van der Waals surface area contributed by atoms with Crippen LogP contribution >= 0.6 is 22.6 Å². The van der Waals surface area contributed by atoms with E-state index in [1.54, 1.807) is 0 Å². The molecule has 4 heteroatoms. The lowest BCUT2D eigenvalue weighted by Gasteiger charge is -2.19. The molecule has 0 unspecified atom stereocenters. The average Bonchev–Trinajstić information content (AvgIpc) is 1.64. The predicted molar refractivity (Wildman–Crippen MR) is 43.9 cm³/mol. The zero-order valence-corrected chi connectivity index (χ0v) is 7.62. The number of rotatable bonds is 2. The van der Waals surface area contributed by atoms with E-state index in [1.807, 2.05) is 36.4 Å². The van der Waals surface area contributed by atoms with Gasteiger partial charge >= 0.3 is 6.09 Å². The number of carbonyl (C=O) groups is 1. The van der Waals surface area contributed by atoms with Crippen molar-refractivity contribution in [1.82, 2.24) is 4.90 Å². The van der Waals surface area contributed by atoms with Gasteiger partial charge in [-0.25, -0.2) is 4.79 Å². The molecule has 0 aliphatic rings. The van der Waals surface area contributed by atoms with Crippen molar-refractivity contribution >= 4 is 28.7 Å². The van der Waals surface area contributed by atoms with Gasteiger partial charge in [0.25, 0.3) is 0 Å². The third kappa shape index (κ3) is 2.88. The number of halogens is 1. The van der Waals surface area contributed by atoms with E-state index in [1.165, 1.54) is 4.90 Å². The smallest absolute Gasteiger partial charge is 0.408 e. The fourth-order valence-corrected chi connectivity index (χ4v) is 1.49. The molecule has 0 atom stereocenters. The maximum atomic E-state index is 10.3. The van der Waals surface area contributed by atoms with Gasteiger partial charge in [-0.05, 0) is 13.8 Å². The van der Waals surface area contributed by atoms with Gasteiger partial charge in [-0.1, -0.05) is 22.6 Å². The van der Waals surface area contributed by atoms with Crippen molar-refractivity contribution in [1.29, 1.82) is 0 Å². The molecule has 0 aromatic rings. The van der Waals surface area contributed by atoms with Gasteiger partial charge in [0.2, 0.25) is 0 Å². The molecule has 0 saturated heterocycles. The lowest BCUT2D eigenvalue weighted by molar-refractivity contribution is 0.143. The monoisotopic (exact) mass is 243 g/mol. The first-order valence-electron chi connectivity index (χ1n) is 2.65.